The number of ether oxygens (including phenoxy) is 1. The number of cyclic esters (lactones) is 1. The van der Waals surface area contributed by atoms with Gasteiger partial charge in [-0.15, -0.1) is 11.3 Å². The van der Waals surface area contributed by atoms with Gasteiger partial charge >= 0.3 is 5.97 Å². The predicted molar refractivity (Wildman–Crippen MR) is 133 cm³/mol. The minimum Gasteiger partial charge on any atom is -0.458 e. The minimum absolute atomic E-state index is 0.0600. The molecule has 2 heterocycles. The summed E-state index contributed by atoms with van der Waals surface area (Å²) in [5.74, 6) is -1.58. The number of carbonyl (C=O) groups is 2. The molecule has 0 radical (unpaired) electrons. The van der Waals surface area contributed by atoms with Crippen LogP contribution in [-0.4, -0.2) is 50.4 Å². The van der Waals surface area contributed by atoms with Crippen LogP contribution < -0.4 is 0 Å². The van der Waals surface area contributed by atoms with Crippen molar-refractivity contribution in [1.82, 2.24) is 4.98 Å². The predicted octanol–water partition coefficient (Wildman–Crippen LogP) is 4.06. The fraction of sp³-hybridized carbons (Fsp3) is 0.654. The average molecular weight is 494 g/mol. The molecule has 0 unspecified atom stereocenters. The Hall–Kier alpha value is -1.87. The van der Waals surface area contributed by atoms with Crippen LogP contribution in [0.3, 0.4) is 0 Å². The largest absolute Gasteiger partial charge is 0.458 e. The van der Waals surface area contributed by atoms with Gasteiger partial charge in [0.25, 0.3) is 0 Å². The van der Waals surface area contributed by atoms with Gasteiger partial charge in [0.1, 0.15) is 16.9 Å². The maximum absolute atomic E-state index is 13.1. The molecule has 1 aromatic rings. The first-order valence-electron chi connectivity index (χ1n) is 11.9. The first-order valence-corrected chi connectivity index (χ1v) is 12.8. The third-order valence-electron chi connectivity index (χ3n) is 6.74. The smallest absolute Gasteiger partial charge is 0.309 e. The SMILES string of the molecule is C/C1=C/C[C@@H](/C=C/c2csc(CO)n2)OC(=O)C[C@H](O)C(C)(C)C(=O)[C@H](C)[C@@H](O)[C@@H](C)CCC1. The molecular formula is C26H39NO6S. The Kier molecular flexibility index (Phi) is 10.6. The normalized spacial score (nSPS) is 31.8. The number of Topliss-reactive ketones (excluding diaryl/α,β-unsaturated/α-hetero) is 1. The molecule has 190 valence electrons. The van der Waals surface area contributed by atoms with Crippen molar-refractivity contribution in [3.05, 3.63) is 33.8 Å². The number of nitrogens with zero attached hydrogens (tertiary/aromatic N) is 1. The van der Waals surface area contributed by atoms with Crippen LogP contribution in [0.2, 0.25) is 0 Å². The topological polar surface area (TPSA) is 117 Å². The molecule has 0 saturated heterocycles. The molecule has 0 fully saturated rings. The van der Waals surface area contributed by atoms with Gasteiger partial charge in [0.15, 0.2) is 0 Å². The van der Waals surface area contributed by atoms with Crippen LogP contribution in [0.25, 0.3) is 6.08 Å². The number of rotatable bonds is 3. The molecule has 8 heteroatoms. The molecular weight excluding hydrogens is 454 g/mol. The van der Waals surface area contributed by atoms with Crippen molar-refractivity contribution >= 4 is 29.2 Å². The maximum Gasteiger partial charge on any atom is 0.309 e. The molecule has 1 aliphatic heterocycles. The highest BCUT2D eigenvalue weighted by Gasteiger charge is 2.42. The van der Waals surface area contributed by atoms with Crippen LogP contribution in [0.5, 0.6) is 0 Å². The lowest BCUT2D eigenvalue weighted by atomic mass is 9.73. The number of esters is 1. The molecule has 7 nitrogen and oxygen atoms in total. The second kappa shape index (κ2) is 12.7. The zero-order chi connectivity index (χ0) is 25.5. The van der Waals surface area contributed by atoms with E-state index >= 15 is 0 Å². The maximum atomic E-state index is 13.1. The van der Waals surface area contributed by atoms with Crippen LogP contribution in [0.4, 0.5) is 0 Å². The van der Waals surface area contributed by atoms with Gasteiger partial charge < -0.3 is 20.1 Å². The first kappa shape index (κ1) is 28.4. The summed E-state index contributed by atoms with van der Waals surface area (Å²) in [6.45, 7) is 8.74. The number of aromatic nitrogens is 1. The fourth-order valence-corrected chi connectivity index (χ4v) is 4.79. The fourth-order valence-electron chi connectivity index (χ4n) is 4.17. The Morgan fingerprint density at radius 3 is 2.62 bits per heavy atom. The lowest BCUT2D eigenvalue weighted by Gasteiger charge is -2.34. The third-order valence-corrected chi connectivity index (χ3v) is 7.59. The van der Waals surface area contributed by atoms with Crippen LogP contribution in [0, 0.1) is 17.3 Å². The molecule has 0 aromatic carbocycles. The summed E-state index contributed by atoms with van der Waals surface area (Å²) in [5, 5.41) is 33.1. The van der Waals surface area contributed by atoms with E-state index < -0.39 is 35.6 Å². The van der Waals surface area contributed by atoms with Gasteiger partial charge in [-0.25, -0.2) is 4.98 Å². The number of ketones is 1. The molecule has 3 N–H and O–H groups in total. The summed E-state index contributed by atoms with van der Waals surface area (Å²) in [7, 11) is 0. The minimum atomic E-state index is -1.24. The molecule has 0 amide bonds. The van der Waals surface area contributed by atoms with Crippen molar-refractivity contribution in [1.29, 1.82) is 0 Å². The zero-order valence-corrected chi connectivity index (χ0v) is 21.7. The summed E-state index contributed by atoms with van der Waals surface area (Å²) < 4.78 is 5.65. The summed E-state index contributed by atoms with van der Waals surface area (Å²) in [5.41, 5.74) is 0.621. The molecule has 0 bridgehead atoms. The van der Waals surface area contributed by atoms with Crippen molar-refractivity contribution in [3.63, 3.8) is 0 Å². The molecule has 34 heavy (non-hydrogen) atoms. The zero-order valence-electron chi connectivity index (χ0n) is 20.9. The second-order valence-corrected chi connectivity index (χ2v) is 10.9. The molecule has 1 aromatic heterocycles. The Labute approximate surface area is 206 Å². The van der Waals surface area contributed by atoms with E-state index in [0.29, 0.717) is 17.1 Å². The third kappa shape index (κ3) is 7.83. The monoisotopic (exact) mass is 493 g/mol. The molecule has 5 atom stereocenters. The summed E-state index contributed by atoms with van der Waals surface area (Å²) in [4.78, 5) is 30.1. The van der Waals surface area contributed by atoms with E-state index in [0.717, 1.165) is 24.8 Å². The lowest BCUT2D eigenvalue weighted by molar-refractivity contribution is -0.153. The Bertz CT molecular complexity index is 890. The highest BCUT2D eigenvalue weighted by molar-refractivity contribution is 7.09. The molecule has 1 aliphatic rings. The number of hydrogen-bond acceptors (Lipinski definition) is 8. The van der Waals surface area contributed by atoms with Crippen molar-refractivity contribution in [2.45, 2.75) is 91.6 Å². The van der Waals surface area contributed by atoms with E-state index in [2.05, 4.69) is 4.98 Å². The Morgan fingerprint density at radius 1 is 1.26 bits per heavy atom. The van der Waals surface area contributed by atoms with Crippen LogP contribution in [0.1, 0.15) is 77.4 Å². The van der Waals surface area contributed by atoms with Crippen LogP contribution in [-0.2, 0) is 20.9 Å². The van der Waals surface area contributed by atoms with E-state index in [4.69, 9.17) is 4.74 Å². The van der Waals surface area contributed by atoms with Gasteiger partial charge in [-0.1, -0.05) is 39.3 Å². The highest BCUT2D eigenvalue weighted by Crippen LogP contribution is 2.32. The number of thiazole rings is 1. The number of hydrogen-bond donors (Lipinski definition) is 3. The highest BCUT2D eigenvalue weighted by atomic mass is 32.1. The van der Waals surface area contributed by atoms with Gasteiger partial charge in [0.05, 0.1) is 36.3 Å². The van der Waals surface area contributed by atoms with Gasteiger partial charge in [-0.3, -0.25) is 9.59 Å². The number of carbonyl (C=O) groups excluding carboxylic acids is 2. The van der Waals surface area contributed by atoms with Crippen LogP contribution in [0.15, 0.2) is 23.1 Å². The van der Waals surface area contributed by atoms with Crippen molar-refractivity contribution in [2.75, 3.05) is 0 Å². The van der Waals surface area contributed by atoms with Gasteiger partial charge in [0, 0.05) is 17.7 Å². The number of allylic oxidation sites excluding steroid dienone is 1. The summed E-state index contributed by atoms with van der Waals surface area (Å²) in [6.07, 6.45) is 5.59. The Balaban J connectivity index is 2.26. The van der Waals surface area contributed by atoms with Gasteiger partial charge in [-0.05, 0) is 44.3 Å². The van der Waals surface area contributed by atoms with E-state index in [1.807, 2.05) is 25.3 Å². The molecule has 0 saturated carbocycles. The van der Waals surface area contributed by atoms with Gasteiger partial charge in [-0.2, -0.15) is 0 Å². The lowest BCUT2D eigenvalue weighted by Crippen LogP contribution is -2.45. The average Bonchev–Trinajstić information content (AvgIpc) is 3.26. The van der Waals surface area contributed by atoms with Crippen molar-refractivity contribution in [2.24, 2.45) is 17.3 Å². The van der Waals surface area contributed by atoms with E-state index in [9.17, 15) is 24.9 Å². The van der Waals surface area contributed by atoms with Crippen LogP contribution >= 0.6 is 11.3 Å². The summed E-state index contributed by atoms with van der Waals surface area (Å²) >= 11 is 1.35. The van der Waals surface area contributed by atoms with Gasteiger partial charge in [0.2, 0.25) is 0 Å². The van der Waals surface area contributed by atoms with Crippen molar-refractivity contribution < 1.29 is 29.6 Å². The second-order valence-electron chi connectivity index (χ2n) is 9.95. The van der Waals surface area contributed by atoms with E-state index in [-0.39, 0.29) is 24.7 Å². The Morgan fingerprint density at radius 2 is 1.97 bits per heavy atom. The standard InChI is InChI=1S/C26H39NO6S/c1-16-7-6-8-17(2)24(31)18(3)25(32)26(4,5)21(29)13-23(30)33-20(11-9-16)12-10-19-15-34-22(14-28)27-19/h9-10,12,15,17-18,20-21,24,28-29,31H,6-8,11,13-14H2,1-5H3/b12-10+,16-9-/t17-,18+,20-,21-,24-/m0/s1. The molecule has 2 rings (SSSR count). The quantitative estimate of drug-likeness (QED) is 0.429. The molecule has 0 aliphatic carbocycles. The first-order chi connectivity index (χ1) is 15.9. The molecule has 0 spiro atoms. The summed E-state index contributed by atoms with van der Waals surface area (Å²) in [6, 6.07) is 0. The number of aliphatic hydroxyl groups is 3. The number of aliphatic hydroxyl groups excluding tert-OH is 3. The van der Waals surface area contributed by atoms with E-state index in [1.165, 1.54) is 11.3 Å². The van der Waals surface area contributed by atoms with E-state index in [1.54, 1.807) is 32.9 Å². The van der Waals surface area contributed by atoms with Crippen molar-refractivity contribution in [3.8, 4) is 0 Å².